The molecule has 1 unspecified atom stereocenters. The Balaban J connectivity index is 1.39. The van der Waals surface area contributed by atoms with E-state index in [1.165, 1.54) is 0 Å². The van der Waals surface area contributed by atoms with Gasteiger partial charge in [0.2, 0.25) is 12.7 Å². The summed E-state index contributed by atoms with van der Waals surface area (Å²) in [4.78, 5) is 23.7. The highest BCUT2D eigenvalue weighted by molar-refractivity contribution is 5.79. The number of aromatic nitrogens is 2. The number of nitrogens with one attached hydrogen (secondary N) is 2. The Morgan fingerprint density at radius 2 is 2.17 bits per heavy atom. The first kappa shape index (κ1) is 14.7. The number of fused-ring (bicyclic) bond motifs is 2. The Kier molecular flexibility index (Phi) is 3.68. The van der Waals surface area contributed by atoms with Crippen molar-refractivity contribution in [2.24, 2.45) is 0 Å². The highest BCUT2D eigenvalue weighted by Gasteiger charge is 2.22. The molecule has 2 heterocycles. The Labute approximate surface area is 138 Å². The predicted octanol–water partition coefficient (Wildman–Crippen LogP) is 0.715. The van der Waals surface area contributed by atoms with Crippen LogP contribution in [0.1, 0.15) is 23.2 Å². The minimum atomic E-state index is -0.207. The summed E-state index contributed by atoms with van der Waals surface area (Å²) < 4.78 is 10.6. The standard InChI is InChI=1S/C17H17N3O4/c21-16(6-10-1-4-14-15(5-10)24-9-23-14)18-12-2-3-13-11(7-12)8-17(22)20-19-13/h1,4-5,8,12H,2-3,6-7,9H2,(H,18,21)(H,20,22). The number of rotatable bonds is 3. The molecule has 0 spiro atoms. The van der Waals surface area contributed by atoms with Gasteiger partial charge in [-0.1, -0.05) is 6.07 Å². The molecule has 1 aliphatic heterocycles. The maximum Gasteiger partial charge on any atom is 0.264 e. The first-order chi connectivity index (χ1) is 11.7. The molecule has 1 aromatic carbocycles. The van der Waals surface area contributed by atoms with Gasteiger partial charge in [0, 0.05) is 12.1 Å². The van der Waals surface area contributed by atoms with Gasteiger partial charge >= 0.3 is 0 Å². The number of hydrogen-bond acceptors (Lipinski definition) is 5. The van der Waals surface area contributed by atoms with Crippen LogP contribution in [0.3, 0.4) is 0 Å². The first-order valence-electron chi connectivity index (χ1n) is 7.93. The van der Waals surface area contributed by atoms with E-state index in [1.807, 2.05) is 18.2 Å². The maximum absolute atomic E-state index is 12.3. The summed E-state index contributed by atoms with van der Waals surface area (Å²) in [6.45, 7) is 0.222. The molecule has 2 N–H and O–H groups in total. The van der Waals surface area contributed by atoms with Crippen molar-refractivity contribution in [3.8, 4) is 11.5 Å². The second-order valence-corrected chi connectivity index (χ2v) is 6.08. The van der Waals surface area contributed by atoms with Crippen molar-refractivity contribution in [2.75, 3.05) is 6.79 Å². The van der Waals surface area contributed by atoms with Gasteiger partial charge in [-0.2, -0.15) is 5.10 Å². The van der Waals surface area contributed by atoms with Crippen molar-refractivity contribution in [3.05, 3.63) is 51.4 Å². The summed E-state index contributed by atoms with van der Waals surface area (Å²) in [5.74, 6) is 1.35. The van der Waals surface area contributed by atoms with Gasteiger partial charge < -0.3 is 14.8 Å². The summed E-state index contributed by atoms with van der Waals surface area (Å²) in [7, 11) is 0. The summed E-state index contributed by atoms with van der Waals surface area (Å²) in [5.41, 5.74) is 2.50. The molecule has 2 aliphatic rings. The van der Waals surface area contributed by atoms with Crippen LogP contribution in [0.15, 0.2) is 29.1 Å². The zero-order valence-electron chi connectivity index (χ0n) is 13.0. The molecule has 1 amide bonds. The van der Waals surface area contributed by atoms with Crippen LogP contribution in [0.2, 0.25) is 0 Å². The monoisotopic (exact) mass is 327 g/mol. The normalized spacial score (nSPS) is 18.1. The quantitative estimate of drug-likeness (QED) is 0.866. The summed E-state index contributed by atoms with van der Waals surface area (Å²) in [6, 6.07) is 7.12. The van der Waals surface area contributed by atoms with Crippen molar-refractivity contribution >= 4 is 5.91 Å². The molecular formula is C17H17N3O4. The fourth-order valence-corrected chi connectivity index (χ4v) is 3.18. The van der Waals surface area contributed by atoms with Crippen LogP contribution in [0, 0.1) is 0 Å². The zero-order chi connectivity index (χ0) is 16.5. The highest BCUT2D eigenvalue weighted by atomic mass is 16.7. The van der Waals surface area contributed by atoms with Gasteiger partial charge in [0.15, 0.2) is 11.5 Å². The highest BCUT2D eigenvalue weighted by Crippen LogP contribution is 2.32. The van der Waals surface area contributed by atoms with Crippen LogP contribution in [0.25, 0.3) is 0 Å². The van der Waals surface area contributed by atoms with Gasteiger partial charge in [-0.3, -0.25) is 9.59 Å². The molecule has 124 valence electrons. The smallest absolute Gasteiger partial charge is 0.264 e. The number of H-pyrrole nitrogens is 1. The molecule has 7 heteroatoms. The fraction of sp³-hybridized carbons (Fsp3) is 0.353. The van der Waals surface area contributed by atoms with Gasteiger partial charge in [-0.15, -0.1) is 0 Å². The predicted molar refractivity (Wildman–Crippen MR) is 85.1 cm³/mol. The molecule has 1 aromatic heterocycles. The van der Waals surface area contributed by atoms with E-state index in [9.17, 15) is 9.59 Å². The number of hydrogen-bond donors (Lipinski definition) is 2. The number of amides is 1. The number of benzene rings is 1. The first-order valence-corrected chi connectivity index (χ1v) is 7.93. The lowest BCUT2D eigenvalue weighted by Crippen LogP contribution is -2.40. The zero-order valence-corrected chi connectivity index (χ0v) is 13.0. The van der Waals surface area contributed by atoms with E-state index in [1.54, 1.807) is 6.07 Å². The average molecular weight is 327 g/mol. The second-order valence-electron chi connectivity index (χ2n) is 6.08. The molecule has 0 saturated carbocycles. The lowest BCUT2D eigenvalue weighted by molar-refractivity contribution is -0.121. The molecule has 24 heavy (non-hydrogen) atoms. The molecule has 7 nitrogen and oxygen atoms in total. The van der Waals surface area contributed by atoms with Gasteiger partial charge in [0.1, 0.15) is 0 Å². The van der Waals surface area contributed by atoms with Crippen molar-refractivity contribution in [1.29, 1.82) is 0 Å². The summed E-state index contributed by atoms with van der Waals surface area (Å²) in [5, 5.41) is 9.55. The second kappa shape index (κ2) is 5.99. The third kappa shape index (κ3) is 2.97. The number of aromatic amines is 1. The summed E-state index contributed by atoms with van der Waals surface area (Å²) in [6.07, 6.45) is 2.49. The molecular weight excluding hydrogens is 310 g/mol. The van der Waals surface area contributed by atoms with Crippen molar-refractivity contribution in [3.63, 3.8) is 0 Å². The van der Waals surface area contributed by atoms with Gasteiger partial charge in [-0.05, 0) is 42.5 Å². The van der Waals surface area contributed by atoms with Gasteiger partial charge in [-0.25, -0.2) is 5.10 Å². The van der Waals surface area contributed by atoms with Gasteiger partial charge in [0.25, 0.3) is 5.56 Å². The molecule has 0 radical (unpaired) electrons. The van der Waals surface area contributed by atoms with Crippen LogP contribution in [0.4, 0.5) is 0 Å². The molecule has 2 aromatic rings. The minimum absolute atomic E-state index is 0.0302. The lowest BCUT2D eigenvalue weighted by atomic mass is 9.92. The fourth-order valence-electron chi connectivity index (χ4n) is 3.18. The largest absolute Gasteiger partial charge is 0.454 e. The molecule has 0 saturated heterocycles. The van der Waals surface area contributed by atoms with Crippen LogP contribution < -0.4 is 20.3 Å². The number of carbonyl (C=O) groups is 1. The number of ether oxygens (including phenoxy) is 2. The van der Waals surface area contributed by atoms with E-state index in [0.717, 1.165) is 29.7 Å². The third-order valence-electron chi connectivity index (χ3n) is 4.34. The average Bonchev–Trinajstić information content (AvgIpc) is 3.02. The van der Waals surface area contributed by atoms with Crippen molar-refractivity contribution in [1.82, 2.24) is 15.5 Å². The minimum Gasteiger partial charge on any atom is -0.454 e. The summed E-state index contributed by atoms with van der Waals surface area (Å²) >= 11 is 0. The Morgan fingerprint density at radius 1 is 1.29 bits per heavy atom. The number of carbonyl (C=O) groups excluding carboxylic acids is 1. The maximum atomic E-state index is 12.3. The van der Waals surface area contributed by atoms with E-state index in [2.05, 4.69) is 15.5 Å². The van der Waals surface area contributed by atoms with Crippen molar-refractivity contribution in [2.45, 2.75) is 31.7 Å². The molecule has 0 fully saturated rings. The molecule has 0 bridgehead atoms. The van der Waals surface area contributed by atoms with E-state index < -0.39 is 0 Å². The topological polar surface area (TPSA) is 93.3 Å². The van der Waals surface area contributed by atoms with E-state index in [4.69, 9.17) is 9.47 Å². The van der Waals surface area contributed by atoms with E-state index in [0.29, 0.717) is 17.9 Å². The van der Waals surface area contributed by atoms with E-state index in [-0.39, 0.29) is 30.7 Å². The Hall–Kier alpha value is -2.83. The Morgan fingerprint density at radius 3 is 3.08 bits per heavy atom. The SMILES string of the molecule is O=C(Cc1ccc2c(c1)OCO2)NC1CCc2n[nH]c(=O)cc2C1. The van der Waals surface area contributed by atoms with Crippen LogP contribution >= 0.6 is 0 Å². The molecule has 1 atom stereocenters. The number of aryl methyl sites for hydroxylation is 1. The third-order valence-corrected chi connectivity index (χ3v) is 4.34. The van der Waals surface area contributed by atoms with Crippen molar-refractivity contribution < 1.29 is 14.3 Å². The molecule has 4 rings (SSSR count). The van der Waals surface area contributed by atoms with Crippen LogP contribution in [0.5, 0.6) is 11.5 Å². The lowest BCUT2D eigenvalue weighted by Gasteiger charge is -2.24. The van der Waals surface area contributed by atoms with E-state index >= 15 is 0 Å². The van der Waals surface area contributed by atoms with Crippen LogP contribution in [-0.4, -0.2) is 28.9 Å². The van der Waals surface area contributed by atoms with Gasteiger partial charge in [0.05, 0.1) is 12.1 Å². The molecule has 1 aliphatic carbocycles. The van der Waals surface area contributed by atoms with Crippen LogP contribution in [-0.2, 0) is 24.1 Å². The number of nitrogens with zero attached hydrogens (tertiary/aromatic N) is 1. The Bertz CT molecular complexity index is 846.